The number of carbonyl (C=O) groups is 1. The van der Waals surface area contributed by atoms with Gasteiger partial charge in [-0.25, -0.2) is 9.67 Å². The molecule has 1 aromatic carbocycles. The molecule has 8 heteroatoms. The molecular weight excluding hydrogens is 450 g/mol. The van der Waals surface area contributed by atoms with Crippen LogP contribution in [0.25, 0.3) is 22.3 Å². The monoisotopic (exact) mass is 487 g/mol. The molecule has 0 atom stereocenters. The third-order valence-corrected chi connectivity index (χ3v) is 6.40. The number of nitrogens with one attached hydrogen (secondary N) is 1. The lowest BCUT2D eigenvalue weighted by Crippen LogP contribution is -2.24. The van der Waals surface area contributed by atoms with Crippen LogP contribution in [0.4, 0.5) is 0 Å². The molecule has 0 aliphatic rings. The number of fused-ring (bicyclic) bond motifs is 1. The summed E-state index contributed by atoms with van der Waals surface area (Å²) in [5.41, 5.74) is 6.15. The minimum Gasteiger partial charge on any atom is -0.346 e. The Bertz CT molecular complexity index is 1350. The van der Waals surface area contributed by atoms with Gasteiger partial charge in [-0.2, -0.15) is 10.2 Å². The summed E-state index contributed by atoms with van der Waals surface area (Å²) in [5, 5.41) is 12.7. The van der Waals surface area contributed by atoms with Gasteiger partial charge < -0.3 is 10.2 Å². The largest absolute Gasteiger partial charge is 0.346 e. The Balaban J connectivity index is 1.69. The average molecular weight is 488 g/mol. The summed E-state index contributed by atoms with van der Waals surface area (Å²) in [4.78, 5) is 20.7. The number of benzene rings is 1. The van der Waals surface area contributed by atoms with Crippen LogP contribution in [0.15, 0.2) is 42.6 Å². The predicted octanol–water partition coefficient (Wildman–Crippen LogP) is 4.88. The Labute approximate surface area is 213 Å². The van der Waals surface area contributed by atoms with Gasteiger partial charge in [0.2, 0.25) is 0 Å². The summed E-state index contributed by atoms with van der Waals surface area (Å²) >= 11 is 0. The lowest BCUT2D eigenvalue weighted by atomic mass is 10.0. The van der Waals surface area contributed by atoms with Gasteiger partial charge in [0.15, 0.2) is 5.65 Å². The van der Waals surface area contributed by atoms with E-state index in [0.717, 1.165) is 46.8 Å². The molecule has 0 saturated heterocycles. The molecule has 0 aliphatic heterocycles. The second kappa shape index (κ2) is 11.0. The molecule has 8 nitrogen and oxygen atoms in total. The van der Waals surface area contributed by atoms with Crippen molar-refractivity contribution in [3.05, 3.63) is 65.1 Å². The zero-order valence-corrected chi connectivity index (χ0v) is 22.2. The minimum absolute atomic E-state index is 0.122. The van der Waals surface area contributed by atoms with Crippen LogP contribution >= 0.6 is 0 Å². The second-order valence-electron chi connectivity index (χ2n) is 9.85. The van der Waals surface area contributed by atoms with E-state index in [1.165, 1.54) is 18.4 Å². The van der Waals surface area contributed by atoms with Crippen LogP contribution < -0.4 is 5.32 Å². The van der Waals surface area contributed by atoms with Crippen molar-refractivity contribution in [1.29, 1.82) is 0 Å². The van der Waals surface area contributed by atoms with Crippen LogP contribution in [-0.4, -0.2) is 48.9 Å². The molecule has 4 rings (SSSR count). The third kappa shape index (κ3) is 5.65. The number of aromatic nitrogens is 5. The summed E-state index contributed by atoms with van der Waals surface area (Å²) < 4.78 is 3.67. The fourth-order valence-electron chi connectivity index (χ4n) is 4.48. The van der Waals surface area contributed by atoms with Crippen LogP contribution in [0.5, 0.6) is 0 Å². The van der Waals surface area contributed by atoms with E-state index in [-0.39, 0.29) is 11.9 Å². The number of carbonyl (C=O) groups excluding carboxylic acids is 1. The van der Waals surface area contributed by atoms with Crippen molar-refractivity contribution in [1.82, 2.24) is 34.8 Å². The molecule has 0 bridgehead atoms. The van der Waals surface area contributed by atoms with E-state index in [2.05, 4.69) is 72.5 Å². The molecule has 0 radical (unpaired) electrons. The zero-order chi connectivity index (χ0) is 25.8. The van der Waals surface area contributed by atoms with Crippen molar-refractivity contribution < 1.29 is 4.79 Å². The van der Waals surface area contributed by atoms with Crippen molar-refractivity contribution in [3.63, 3.8) is 0 Å². The number of aryl methyl sites for hydroxylation is 2. The van der Waals surface area contributed by atoms with E-state index in [9.17, 15) is 4.79 Å². The molecular formula is C28H37N7O. The normalized spacial score (nSPS) is 11.7. The number of hydrogen-bond donors (Lipinski definition) is 1. The molecule has 190 valence electrons. The number of pyridine rings is 1. The van der Waals surface area contributed by atoms with E-state index in [1.54, 1.807) is 10.9 Å². The van der Waals surface area contributed by atoms with Crippen LogP contribution in [0.3, 0.4) is 0 Å². The summed E-state index contributed by atoms with van der Waals surface area (Å²) in [7, 11) is 4.04. The molecule has 0 spiro atoms. The first-order valence-electron chi connectivity index (χ1n) is 12.7. The van der Waals surface area contributed by atoms with Crippen molar-refractivity contribution in [2.75, 3.05) is 13.6 Å². The third-order valence-electron chi connectivity index (χ3n) is 6.40. The van der Waals surface area contributed by atoms with Crippen LogP contribution in [0.2, 0.25) is 0 Å². The molecule has 0 fully saturated rings. The highest BCUT2D eigenvalue weighted by atomic mass is 16.1. The Morgan fingerprint density at radius 3 is 2.69 bits per heavy atom. The first-order valence-corrected chi connectivity index (χ1v) is 12.7. The van der Waals surface area contributed by atoms with E-state index in [0.29, 0.717) is 12.1 Å². The summed E-state index contributed by atoms with van der Waals surface area (Å²) in [5.74, 6) is -0.152. The number of rotatable bonds is 10. The van der Waals surface area contributed by atoms with E-state index >= 15 is 0 Å². The van der Waals surface area contributed by atoms with Crippen LogP contribution in [0, 0.1) is 6.92 Å². The van der Waals surface area contributed by atoms with E-state index in [1.807, 2.05) is 30.8 Å². The van der Waals surface area contributed by atoms with Crippen molar-refractivity contribution in [2.45, 2.75) is 59.7 Å². The van der Waals surface area contributed by atoms with Gasteiger partial charge in [0.25, 0.3) is 5.91 Å². The number of hydrogen-bond acceptors (Lipinski definition) is 5. The standard InChI is InChI=1S/C28H37N7O/c1-7-8-12-33(5)18-21-10-9-11-22(14-21)26-15-24(25-17-30-35(19(2)3)27(25)31-26)28(36)29-16-23-13-20(4)32-34(23)6/h9-11,13-15,17,19H,7-8,12,16,18H2,1-6H3,(H,29,36). The summed E-state index contributed by atoms with van der Waals surface area (Å²) in [6, 6.07) is 12.4. The highest BCUT2D eigenvalue weighted by Crippen LogP contribution is 2.27. The van der Waals surface area contributed by atoms with E-state index < -0.39 is 0 Å². The van der Waals surface area contributed by atoms with Crippen LogP contribution in [-0.2, 0) is 20.1 Å². The highest BCUT2D eigenvalue weighted by molar-refractivity contribution is 6.06. The summed E-state index contributed by atoms with van der Waals surface area (Å²) in [6.45, 7) is 10.6. The fourth-order valence-corrected chi connectivity index (χ4v) is 4.48. The molecule has 3 aromatic heterocycles. The number of unbranched alkanes of at least 4 members (excludes halogenated alkanes) is 1. The Morgan fingerprint density at radius 2 is 2.00 bits per heavy atom. The van der Waals surface area contributed by atoms with Gasteiger partial charge in [-0.3, -0.25) is 9.48 Å². The first kappa shape index (κ1) is 25.6. The van der Waals surface area contributed by atoms with Gasteiger partial charge in [0, 0.05) is 25.2 Å². The van der Waals surface area contributed by atoms with Gasteiger partial charge in [0.05, 0.1) is 40.8 Å². The van der Waals surface area contributed by atoms with Crippen LogP contribution in [0.1, 0.15) is 67.0 Å². The highest BCUT2D eigenvalue weighted by Gasteiger charge is 2.19. The maximum Gasteiger partial charge on any atom is 0.252 e. The molecule has 1 N–H and O–H groups in total. The van der Waals surface area contributed by atoms with Gasteiger partial charge in [-0.15, -0.1) is 0 Å². The lowest BCUT2D eigenvalue weighted by Gasteiger charge is -2.17. The van der Waals surface area contributed by atoms with Crippen molar-refractivity contribution in [2.24, 2.45) is 7.05 Å². The lowest BCUT2D eigenvalue weighted by molar-refractivity contribution is 0.0951. The number of amides is 1. The SMILES string of the molecule is CCCCN(C)Cc1cccc(-c2cc(C(=O)NCc3cc(C)nn3C)c3cnn(C(C)C)c3n2)c1. The minimum atomic E-state index is -0.152. The Hall–Kier alpha value is -3.52. The van der Waals surface area contributed by atoms with Gasteiger partial charge >= 0.3 is 0 Å². The van der Waals surface area contributed by atoms with Gasteiger partial charge in [-0.1, -0.05) is 31.5 Å². The predicted molar refractivity (Wildman–Crippen MR) is 144 cm³/mol. The summed E-state index contributed by atoms with van der Waals surface area (Å²) in [6.07, 6.45) is 4.11. The van der Waals surface area contributed by atoms with Crippen molar-refractivity contribution in [3.8, 4) is 11.3 Å². The molecule has 36 heavy (non-hydrogen) atoms. The van der Waals surface area contributed by atoms with E-state index in [4.69, 9.17) is 4.98 Å². The second-order valence-corrected chi connectivity index (χ2v) is 9.85. The molecule has 0 aliphatic carbocycles. The maximum absolute atomic E-state index is 13.4. The topological polar surface area (TPSA) is 80.9 Å². The smallest absolute Gasteiger partial charge is 0.252 e. The van der Waals surface area contributed by atoms with Gasteiger partial charge in [0.1, 0.15) is 0 Å². The quantitative estimate of drug-likeness (QED) is 0.345. The molecule has 1 amide bonds. The molecule has 4 aromatic rings. The Kier molecular flexibility index (Phi) is 7.84. The average Bonchev–Trinajstić information content (AvgIpc) is 3.42. The fraction of sp³-hybridized carbons (Fsp3) is 0.429. The molecule has 3 heterocycles. The molecule has 0 unspecified atom stereocenters. The van der Waals surface area contributed by atoms with Gasteiger partial charge in [-0.05, 0) is 64.5 Å². The first-order chi connectivity index (χ1) is 17.3. The zero-order valence-electron chi connectivity index (χ0n) is 22.2. The Morgan fingerprint density at radius 1 is 1.19 bits per heavy atom. The number of nitrogens with zero attached hydrogens (tertiary/aromatic N) is 6. The maximum atomic E-state index is 13.4. The molecule has 0 saturated carbocycles. The van der Waals surface area contributed by atoms with Crippen molar-refractivity contribution >= 4 is 16.9 Å².